The number of piperazine rings is 1. The number of nitrogens with one attached hydrogen (secondary N) is 1. The van der Waals surface area contributed by atoms with Gasteiger partial charge in [0.15, 0.2) is 0 Å². The van der Waals surface area contributed by atoms with Gasteiger partial charge in [0.25, 0.3) is 5.91 Å². The normalized spacial score (nSPS) is 18.1. The first kappa shape index (κ1) is 14.0. The highest BCUT2D eigenvalue weighted by atomic mass is 79.9. The molecule has 0 bridgehead atoms. The van der Waals surface area contributed by atoms with Gasteiger partial charge in [-0.2, -0.15) is 0 Å². The molecular weight excluding hydrogens is 315 g/mol. The van der Waals surface area contributed by atoms with E-state index in [-0.39, 0.29) is 11.8 Å². The van der Waals surface area contributed by atoms with E-state index in [1.54, 1.807) is 13.8 Å². The van der Waals surface area contributed by atoms with Crippen LogP contribution in [0.1, 0.15) is 24.2 Å². The van der Waals surface area contributed by atoms with Crippen molar-refractivity contribution in [2.24, 2.45) is 0 Å². The largest absolute Gasteiger partial charge is 0.352 e. The van der Waals surface area contributed by atoms with Gasteiger partial charge in [0, 0.05) is 17.6 Å². The Morgan fingerprint density at radius 3 is 2.79 bits per heavy atom. The monoisotopic (exact) mass is 328 g/mol. The second-order valence-corrected chi connectivity index (χ2v) is 5.75. The molecule has 2 rings (SSSR count). The number of rotatable bonds is 1. The highest BCUT2D eigenvalue weighted by molar-refractivity contribution is 9.10. The first-order valence-electron chi connectivity index (χ1n) is 5.89. The number of hydrogen-bond donors (Lipinski definition) is 1. The summed E-state index contributed by atoms with van der Waals surface area (Å²) in [5.74, 6) is -0.892. The number of halogens is 2. The molecule has 0 unspecified atom stereocenters. The fourth-order valence-electron chi connectivity index (χ4n) is 2.06. The standard InChI is InChI=1S/C13H14BrFN2O2/c1-13(2)12(19)16-5-6-17(13)11(18)9-4-3-8(15)7-10(9)14/h3-4,7H,5-6H2,1-2H3,(H,16,19). The van der Waals surface area contributed by atoms with Gasteiger partial charge in [-0.15, -0.1) is 0 Å². The van der Waals surface area contributed by atoms with Gasteiger partial charge in [0.2, 0.25) is 5.91 Å². The molecule has 0 aromatic heterocycles. The average Bonchev–Trinajstić information content (AvgIpc) is 2.32. The van der Waals surface area contributed by atoms with Crippen LogP contribution in [-0.2, 0) is 4.79 Å². The molecule has 2 amide bonds. The minimum Gasteiger partial charge on any atom is -0.352 e. The highest BCUT2D eigenvalue weighted by Gasteiger charge is 2.41. The second kappa shape index (κ2) is 4.92. The van der Waals surface area contributed by atoms with E-state index in [1.807, 2.05) is 0 Å². The molecule has 4 nitrogen and oxygen atoms in total. The van der Waals surface area contributed by atoms with E-state index in [0.717, 1.165) is 0 Å². The van der Waals surface area contributed by atoms with Crippen LogP contribution in [0.4, 0.5) is 4.39 Å². The topological polar surface area (TPSA) is 49.4 Å². The number of amides is 2. The van der Waals surface area contributed by atoms with E-state index < -0.39 is 11.4 Å². The molecule has 1 aromatic carbocycles. The van der Waals surface area contributed by atoms with Crippen LogP contribution >= 0.6 is 15.9 Å². The number of benzene rings is 1. The van der Waals surface area contributed by atoms with Crippen molar-refractivity contribution >= 4 is 27.7 Å². The Hall–Kier alpha value is -1.43. The van der Waals surface area contributed by atoms with Crippen molar-refractivity contribution in [2.75, 3.05) is 13.1 Å². The Morgan fingerprint density at radius 1 is 1.47 bits per heavy atom. The molecule has 0 aliphatic carbocycles. The Bertz CT molecular complexity index is 545. The highest BCUT2D eigenvalue weighted by Crippen LogP contribution is 2.25. The lowest BCUT2D eigenvalue weighted by atomic mass is 9.97. The predicted octanol–water partition coefficient (Wildman–Crippen LogP) is 1.94. The van der Waals surface area contributed by atoms with Crippen LogP contribution < -0.4 is 5.32 Å². The molecule has 6 heteroatoms. The quantitative estimate of drug-likeness (QED) is 0.856. The van der Waals surface area contributed by atoms with E-state index in [0.29, 0.717) is 23.1 Å². The summed E-state index contributed by atoms with van der Waals surface area (Å²) in [7, 11) is 0. The minimum absolute atomic E-state index is 0.190. The van der Waals surface area contributed by atoms with Gasteiger partial charge in [-0.05, 0) is 48.0 Å². The van der Waals surface area contributed by atoms with Crippen molar-refractivity contribution in [3.8, 4) is 0 Å². The predicted molar refractivity (Wildman–Crippen MR) is 72.2 cm³/mol. The van der Waals surface area contributed by atoms with Crippen molar-refractivity contribution in [3.05, 3.63) is 34.1 Å². The summed E-state index contributed by atoms with van der Waals surface area (Å²) in [6.45, 7) is 4.24. The van der Waals surface area contributed by atoms with Gasteiger partial charge < -0.3 is 10.2 Å². The van der Waals surface area contributed by atoms with Crippen molar-refractivity contribution in [2.45, 2.75) is 19.4 Å². The van der Waals surface area contributed by atoms with Crippen molar-refractivity contribution < 1.29 is 14.0 Å². The summed E-state index contributed by atoms with van der Waals surface area (Å²) in [6, 6.07) is 3.89. The van der Waals surface area contributed by atoms with Crippen LogP contribution in [-0.4, -0.2) is 35.3 Å². The lowest BCUT2D eigenvalue weighted by molar-refractivity contribution is -0.133. The molecule has 0 radical (unpaired) electrons. The van der Waals surface area contributed by atoms with E-state index >= 15 is 0 Å². The lowest BCUT2D eigenvalue weighted by Crippen LogP contribution is -2.63. The van der Waals surface area contributed by atoms with Crippen LogP contribution in [0, 0.1) is 5.82 Å². The third-order valence-corrected chi connectivity index (χ3v) is 3.91. The van der Waals surface area contributed by atoms with Crippen LogP contribution in [0.15, 0.2) is 22.7 Å². The number of hydrogen-bond acceptors (Lipinski definition) is 2. The van der Waals surface area contributed by atoms with Gasteiger partial charge in [-0.25, -0.2) is 4.39 Å². The molecule has 102 valence electrons. The summed E-state index contributed by atoms with van der Waals surface area (Å²) in [4.78, 5) is 25.8. The van der Waals surface area contributed by atoms with Crippen LogP contribution in [0.5, 0.6) is 0 Å². The Labute approximate surface area is 119 Å². The van der Waals surface area contributed by atoms with Gasteiger partial charge in [0.05, 0.1) is 5.56 Å². The molecule has 19 heavy (non-hydrogen) atoms. The zero-order valence-corrected chi connectivity index (χ0v) is 12.3. The molecule has 0 spiro atoms. The number of carbonyl (C=O) groups is 2. The van der Waals surface area contributed by atoms with Crippen LogP contribution in [0.3, 0.4) is 0 Å². The summed E-state index contributed by atoms with van der Waals surface area (Å²) in [5.41, 5.74) is -0.562. The number of carbonyl (C=O) groups excluding carboxylic acids is 2. The molecule has 1 heterocycles. The summed E-state index contributed by atoms with van der Waals surface area (Å²) in [6.07, 6.45) is 0. The zero-order valence-electron chi connectivity index (χ0n) is 10.7. The third-order valence-electron chi connectivity index (χ3n) is 3.26. The Kier molecular flexibility index (Phi) is 3.62. The lowest BCUT2D eigenvalue weighted by Gasteiger charge is -2.41. The number of nitrogens with zero attached hydrogens (tertiary/aromatic N) is 1. The average molecular weight is 329 g/mol. The van der Waals surface area contributed by atoms with Crippen molar-refractivity contribution in [1.29, 1.82) is 0 Å². The maximum Gasteiger partial charge on any atom is 0.255 e. The summed E-state index contributed by atoms with van der Waals surface area (Å²) in [5, 5.41) is 2.73. The SMILES string of the molecule is CC1(C)C(=O)NCCN1C(=O)c1ccc(F)cc1Br. The molecule has 1 saturated heterocycles. The van der Waals surface area contributed by atoms with E-state index in [1.165, 1.54) is 23.1 Å². The minimum atomic E-state index is -0.914. The first-order chi connectivity index (χ1) is 8.84. The smallest absolute Gasteiger partial charge is 0.255 e. The van der Waals surface area contributed by atoms with Gasteiger partial charge in [0.1, 0.15) is 11.4 Å². The summed E-state index contributed by atoms with van der Waals surface area (Å²) >= 11 is 3.18. The molecule has 0 saturated carbocycles. The molecule has 1 aliphatic heterocycles. The van der Waals surface area contributed by atoms with Crippen LogP contribution in [0.25, 0.3) is 0 Å². The van der Waals surface area contributed by atoms with Gasteiger partial charge in [-0.3, -0.25) is 9.59 Å². The molecule has 1 N–H and O–H groups in total. The fourth-order valence-corrected chi connectivity index (χ4v) is 2.58. The molecule has 0 atom stereocenters. The van der Waals surface area contributed by atoms with Crippen molar-refractivity contribution in [3.63, 3.8) is 0 Å². The van der Waals surface area contributed by atoms with Crippen molar-refractivity contribution in [1.82, 2.24) is 10.2 Å². The first-order valence-corrected chi connectivity index (χ1v) is 6.68. The molecular formula is C13H14BrFN2O2. The maximum absolute atomic E-state index is 13.0. The second-order valence-electron chi connectivity index (χ2n) is 4.90. The summed E-state index contributed by atoms with van der Waals surface area (Å²) < 4.78 is 13.4. The Balaban J connectivity index is 2.35. The molecule has 1 fully saturated rings. The van der Waals surface area contributed by atoms with Crippen LogP contribution in [0.2, 0.25) is 0 Å². The van der Waals surface area contributed by atoms with Gasteiger partial charge >= 0.3 is 0 Å². The van der Waals surface area contributed by atoms with Gasteiger partial charge in [-0.1, -0.05) is 0 Å². The molecule has 1 aliphatic rings. The van der Waals surface area contributed by atoms with E-state index in [9.17, 15) is 14.0 Å². The van der Waals surface area contributed by atoms with E-state index in [2.05, 4.69) is 21.2 Å². The maximum atomic E-state index is 13.0. The third kappa shape index (κ3) is 2.49. The zero-order chi connectivity index (χ0) is 14.2. The fraction of sp³-hybridized carbons (Fsp3) is 0.385. The Morgan fingerprint density at radius 2 is 2.16 bits per heavy atom. The molecule has 1 aromatic rings. The van der Waals surface area contributed by atoms with E-state index in [4.69, 9.17) is 0 Å².